The highest BCUT2D eigenvalue weighted by atomic mass is 16.6. The highest BCUT2D eigenvalue weighted by Crippen LogP contribution is 2.27. The summed E-state index contributed by atoms with van der Waals surface area (Å²) in [5.41, 5.74) is 7.86. The zero-order valence-corrected chi connectivity index (χ0v) is 20.8. The summed E-state index contributed by atoms with van der Waals surface area (Å²) in [5.74, 6) is -0.353. The van der Waals surface area contributed by atoms with Gasteiger partial charge in [-0.05, 0) is 67.3 Å². The van der Waals surface area contributed by atoms with Crippen molar-refractivity contribution >= 4 is 29.3 Å². The van der Waals surface area contributed by atoms with E-state index in [-0.39, 0.29) is 19.1 Å². The number of allylic oxidation sites excluding steroid dienone is 1. The van der Waals surface area contributed by atoms with Crippen LogP contribution in [0.1, 0.15) is 41.3 Å². The van der Waals surface area contributed by atoms with Gasteiger partial charge in [0.25, 0.3) is 5.91 Å². The largest absolute Gasteiger partial charge is 0.491 e. The molecule has 0 saturated carbocycles. The summed E-state index contributed by atoms with van der Waals surface area (Å²) >= 11 is 0. The number of nitrogens with one attached hydrogen (secondary N) is 2. The maximum Gasteiger partial charge on any atom is 0.414 e. The Kier molecular flexibility index (Phi) is 10.9. The van der Waals surface area contributed by atoms with Crippen molar-refractivity contribution < 1.29 is 29.0 Å². The summed E-state index contributed by atoms with van der Waals surface area (Å²) in [6, 6.07) is 22.3. The Bertz CT molecular complexity index is 1250. The van der Waals surface area contributed by atoms with Gasteiger partial charge in [-0.2, -0.15) is 0 Å². The average molecular weight is 518 g/mol. The van der Waals surface area contributed by atoms with Crippen molar-refractivity contribution in [1.29, 1.82) is 0 Å². The fraction of sp³-hybridized carbons (Fsp3) is 0.207. The van der Waals surface area contributed by atoms with Gasteiger partial charge >= 0.3 is 6.09 Å². The predicted molar refractivity (Wildman–Crippen MR) is 145 cm³/mol. The molecular weight excluding hydrogens is 486 g/mol. The molecule has 1 atom stereocenters. The van der Waals surface area contributed by atoms with Crippen molar-refractivity contribution in [2.75, 3.05) is 24.3 Å². The molecule has 0 heterocycles. The second-order valence-corrected chi connectivity index (χ2v) is 8.27. The zero-order chi connectivity index (χ0) is 27.2. The molecule has 3 amide bonds. The normalized spacial score (nSPS) is 11.5. The summed E-state index contributed by atoms with van der Waals surface area (Å²) in [4.78, 5) is 37.1. The minimum absolute atomic E-state index is 0.128. The molecule has 9 nitrogen and oxygen atoms in total. The van der Waals surface area contributed by atoms with Crippen LogP contribution in [-0.2, 0) is 9.53 Å². The minimum Gasteiger partial charge on any atom is -0.491 e. The molecule has 0 bridgehead atoms. The van der Waals surface area contributed by atoms with Crippen molar-refractivity contribution in [3.63, 3.8) is 0 Å². The first-order valence-electron chi connectivity index (χ1n) is 12.2. The van der Waals surface area contributed by atoms with Crippen LogP contribution in [0, 0.1) is 0 Å². The van der Waals surface area contributed by atoms with Gasteiger partial charge in [0.05, 0.1) is 18.0 Å². The Morgan fingerprint density at radius 3 is 2.50 bits per heavy atom. The van der Waals surface area contributed by atoms with Crippen LogP contribution >= 0.6 is 0 Å². The molecule has 0 saturated heterocycles. The maximum atomic E-state index is 12.6. The van der Waals surface area contributed by atoms with Gasteiger partial charge in [-0.25, -0.2) is 4.79 Å². The van der Waals surface area contributed by atoms with Crippen LogP contribution in [0.2, 0.25) is 0 Å². The van der Waals surface area contributed by atoms with Gasteiger partial charge in [-0.1, -0.05) is 48.5 Å². The number of nitrogen functional groups attached to an aromatic ring is 1. The molecule has 5 N–H and O–H groups in total. The van der Waals surface area contributed by atoms with Gasteiger partial charge in [-0.3, -0.25) is 14.9 Å². The maximum absolute atomic E-state index is 12.6. The van der Waals surface area contributed by atoms with Crippen molar-refractivity contribution in [1.82, 2.24) is 5.32 Å². The van der Waals surface area contributed by atoms with E-state index < -0.39 is 18.1 Å². The number of carbonyl (C=O) groups is 3. The first kappa shape index (κ1) is 27.9. The second kappa shape index (κ2) is 14.8. The van der Waals surface area contributed by atoms with Gasteiger partial charge in [-0.15, -0.1) is 0 Å². The number of imide groups is 1. The number of benzene rings is 3. The van der Waals surface area contributed by atoms with E-state index in [1.54, 1.807) is 84.9 Å². The Labute approximate surface area is 221 Å². The quantitative estimate of drug-likeness (QED) is 0.156. The summed E-state index contributed by atoms with van der Waals surface area (Å²) in [7, 11) is 0. The molecule has 38 heavy (non-hydrogen) atoms. The number of aliphatic hydroxyl groups is 1. The first-order chi connectivity index (χ1) is 18.5. The molecule has 3 aromatic carbocycles. The highest BCUT2D eigenvalue weighted by molar-refractivity contribution is 6.03. The lowest BCUT2D eigenvalue weighted by atomic mass is 10.0. The van der Waals surface area contributed by atoms with Gasteiger partial charge in [0.2, 0.25) is 5.91 Å². The van der Waals surface area contributed by atoms with Gasteiger partial charge in [0.15, 0.2) is 0 Å². The Morgan fingerprint density at radius 2 is 1.74 bits per heavy atom. The fourth-order valence-corrected chi connectivity index (χ4v) is 3.57. The zero-order valence-electron chi connectivity index (χ0n) is 20.8. The van der Waals surface area contributed by atoms with E-state index >= 15 is 0 Å². The van der Waals surface area contributed by atoms with E-state index in [1.807, 2.05) is 0 Å². The van der Waals surface area contributed by atoms with Gasteiger partial charge in [0.1, 0.15) is 18.5 Å². The average Bonchev–Trinajstić information content (AvgIpc) is 2.93. The number of para-hydroxylation sites is 2. The van der Waals surface area contributed by atoms with Gasteiger partial charge < -0.3 is 25.6 Å². The number of unbranched alkanes of at least 4 members (excludes halogenated alkanes) is 1. The molecule has 198 valence electrons. The smallest absolute Gasteiger partial charge is 0.414 e. The van der Waals surface area contributed by atoms with E-state index in [1.165, 1.54) is 6.08 Å². The number of carbonyl (C=O) groups excluding carboxylic acids is 3. The van der Waals surface area contributed by atoms with Crippen LogP contribution in [0.4, 0.5) is 16.2 Å². The molecule has 9 heteroatoms. The van der Waals surface area contributed by atoms with Crippen molar-refractivity contribution in [2.45, 2.75) is 25.4 Å². The molecule has 0 aliphatic rings. The van der Waals surface area contributed by atoms with Crippen molar-refractivity contribution in [2.24, 2.45) is 0 Å². The van der Waals surface area contributed by atoms with Crippen LogP contribution in [-0.4, -0.2) is 36.2 Å². The SMILES string of the molecule is Nc1ccccc1NC(=O)/C=C/CCC[C@H](OC(=O)NC(=O)c1ccccc1)c1cccc(OCCO)c1. The molecule has 0 fully saturated rings. The topological polar surface area (TPSA) is 140 Å². The first-order valence-corrected chi connectivity index (χ1v) is 12.2. The van der Waals surface area contributed by atoms with E-state index in [0.717, 1.165) is 0 Å². The molecule has 0 spiro atoms. The lowest BCUT2D eigenvalue weighted by Crippen LogP contribution is -2.32. The predicted octanol–water partition coefficient (Wildman–Crippen LogP) is 4.61. The molecule has 0 unspecified atom stereocenters. The third-order valence-corrected chi connectivity index (χ3v) is 5.42. The molecule has 0 aliphatic carbocycles. The number of amides is 3. The number of alkyl carbamates (subject to hydrolysis) is 1. The second-order valence-electron chi connectivity index (χ2n) is 8.27. The summed E-state index contributed by atoms with van der Waals surface area (Å²) < 4.78 is 11.1. The summed E-state index contributed by atoms with van der Waals surface area (Å²) in [5, 5.41) is 14.0. The monoisotopic (exact) mass is 517 g/mol. The summed E-state index contributed by atoms with van der Waals surface area (Å²) in [6.45, 7) is -0.00648. The standard InChI is InChI=1S/C29H31N3O6/c30-24-14-7-8-15-25(24)31-27(34)17-6-2-5-16-26(22-12-9-13-23(20-22)37-19-18-33)38-29(36)32-28(35)21-10-3-1-4-11-21/h1,3-4,6-15,17,20,26,33H,2,5,16,18-19,30H2,(H,31,34)(H,32,35,36)/b17-6+/t26-/m0/s1. The van der Waals surface area contributed by atoms with E-state index in [0.29, 0.717) is 47.5 Å². The number of hydrogen-bond acceptors (Lipinski definition) is 7. The van der Waals surface area contributed by atoms with E-state index in [2.05, 4.69) is 10.6 Å². The molecule has 0 aliphatic heterocycles. The number of nitrogens with two attached hydrogens (primary N) is 1. The van der Waals surface area contributed by atoms with Crippen LogP contribution < -0.4 is 21.1 Å². The van der Waals surface area contributed by atoms with Crippen LogP contribution in [0.3, 0.4) is 0 Å². The third kappa shape index (κ3) is 9.11. The molecule has 3 rings (SSSR count). The third-order valence-electron chi connectivity index (χ3n) is 5.42. The number of aliphatic hydroxyl groups excluding tert-OH is 1. The molecule has 3 aromatic rings. The Morgan fingerprint density at radius 1 is 0.974 bits per heavy atom. The Hall–Kier alpha value is -4.63. The Balaban J connectivity index is 1.60. The van der Waals surface area contributed by atoms with Crippen molar-refractivity contribution in [3.05, 3.63) is 102 Å². The highest BCUT2D eigenvalue weighted by Gasteiger charge is 2.19. The molecule has 0 aromatic heterocycles. The fourth-order valence-electron chi connectivity index (χ4n) is 3.57. The van der Waals surface area contributed by atoms with Crippen LogP contribution in [0.5, 0.6) is 5.75 Å². The lowest BCUT2D eigenvalue weighted by molar-refractivity contribution is -0.111. The number of anilines is 2. The molecular formula is C29H31N3O6. The number of rotatable bonds is 12. The van der Waals surface area contributed by atoms with Crippen LogP contribution in [0.15, 0.2) is 91.0 Å². The number of hydrogen-bond donors (Lipinski definition) is 4. The van der Waals surface area contributed by atoms with E-state index in [9.17, 15) is 14.4 Å². The van der Waals surface area contributed by atoms with Crippen molar-refractivity contribution in [3.8, 4) is 5.75 Å². The molecule has 0 radical (unpaired) electrons. The summed E-state index contributed by atoms with van der Waals surface area (Å²) in [6.07, 6.45) is 3.16. The van der Waals surface area contributed by atoms with Crippen LogP contribution in [0.25, 0.3) is 0 Å². The van der Waals surface area contributed by atoms with Gasteiger partial charge in [0, 0.05) is 5.56 Å². The minimum atomic E-state index is -0.874. The van der Waals surface area contributed by atoms with E-state index in [4.69, 9.17) is 20.3 Å². The number of ether oxygens (including phenoxy) is 2. The lowest BCUT2D eigenvalue weighted by Gasteiger charge is -2.19.